The number of fused-ring (bicyclic) bond motifs is 4. The summed E-state index contributed by atoms with van der Waals surface area (Å²) in [6, 6.07) is 6.49. The van der Waals surface area contributed by atoms with Crippen LogP contribution in [0.25, 0.3) is 0 Å². The zero-order chi connectivity index (χ0) is 22.6. The third-order valence-corrected chi connectivity index (χ3v) is 6.44. The van der Waals surface area contributed by atoms with Gasteiger partial charge in [-0.3, -0.25) is 4.90 Å². The molecule has 1 atom stereocenters. The lowest BCUT2D eigenvalue weighted by Gasteiger charge is -2.42. The van der Waals surface area contributed by atoms with Crippen LogP contribution in [0.2, 0.25) is 0 Å². The van der Waals surface area contributed by atoms with E-state index in [4.69, 9.17) is 13.1 Å². The van der Waals surface area contributed by atoms with Gasteiger partial charge >= 0.3 is 20.2 Å². The fourth-order valence-corrected chi connectivity index (χ4v) is 5.22. The van der Waals surface area contributed by atoms with Crippen LogP contribution in [0.15, 0.2) is 24.3 Å². The lowest BCUT2D eigenvalue weighted by atomic mass is 9.83. The molecule has 0 radical (unpaired) electrons. The van der Waals surface area contributed by atoms with Crippen molar-refractivity contribution in [3.63, 3.8) is 0 Å². The zero-order valence-electron chi connectivity index (χ0n) is 17.3. The largest absolute Gasteiger partial charge is 0.504 e. The van der Waals surface area contributed by atoms with Gasteiger partial charge in [0.05, 0.1) is 19.6 Å². The normalized spacial score (nSPS) is 18.5. The highest BCUT2D eigenvalue weighted by atomic mass is 32.2. The van der Waals surface area contributed by atoms with E-state index in [-0.39, 0.29) is 23.3 Å². The van der Waals surface area contributed by atoms with E-state index >= 15 is 0 Å². The molecule has 0 saturated heterocycles. The van der Waals surface area contributed by atoms with E-state index in [9.17, 15) is 21.9 Å². The van der Waals surface area contributed by atoms with Crippen molar-refractivity contribution in [3.8, 4) is 23.0 Å². The Morgan fingerprint density at radius 2 is 1.68 bits per heavy atom. The summed E-state index contributed by atoms with van der Waals surface area (Å²) in [5, 5.41) is 10.2. The summed E-state index contributed by atoms with van der Waals surface area (Å²) in [6.07, 6.45) is 3.17. The van der Waals surface area contributed by atoms with Crippen LogP contribution in [0.3, 0.4) is 0 Å². The Labute approximate surface area is 181 Å². The van der Waals surface area contributed by atoms with Crippen LogP contribution in [0, 0.1) is 0 Å². The molecule has 2 aromatic carbocycles. The Morgan fingerprint density at radius 3 is 2.32 bits per heavy atom. The summed E-state index contributed by atoms with van der Waals surface area (Å²) in [4.78, 5) is 2.21. The van der Waals surface area contributed by atoms with Crippen molar-refractivity contribution in [1.82, 2.24) is 4.90 Å². The molecule has 2 heterocycles. The summed E-state index contributed by atoms with van der Waals surface area (Å²) >= 11 is 0. The molecule has 0 amide bonds. The molecule has 2 aliphatic rings. The second-order valence-corrected chi connectivity index (χ2v) is 10.9. The molecule has 4 rings (SSSR count). The first-order valence-corrected chi connectivity index (χ1v) is 13.2. The lowest BCUT2D eigenvalue weighted by Crippen LogP contribution is -2.39. The van der Waals surface area contributed by atoms with E-state index in [1.54, 1.807) is 18.2 Å². The van der Waals surface area contributed by atoms with Crippen molar-refractivity contribution in [2.45, 2.75) is 25.4 Å². The summed E-state index contributed by atoms with van der Waals surface area (Å²) in [6.45, 7) is 1.22. The van der Waals surface area contributed by atoms with Gasteiger partial charge < -0.3 is 18.2 Å². The van der Waals surface area contributed by atoms with Crippen LogP contribution in [-0.4, -0.2) is 53.0 Å². The minimum Gasteiger partial charge on any atom is -0.504 e. The fraction of sp³-hybridized carbons (Fsp3) is 0.400. The Hall–Kier alpha value is -2.50. The van der Waals surface area contributed by atoms with Crippen molar-refractivity contribution < 1.29 is 35.0 Å². The quantitative estimate of drug-likeness (QED) is 0.653. The molecule has 0 unspecified atom stereocenters. The third-order valence-electron chi connectivity index (χ3n) is 5.47. The van der Waals surface area contributed by atoms with Gasteiger partial charge in [0, 0.05) is 24.7 Å². The molecule has 0 bridgehead atoms. The maximum atomic E-state index is 11.6. The highest BCUT2D eigenvalue weighted by molar-refractivity contribution is 7.86. The second-order valence-electron chi connectivity index (χ2n) is 7.77. The van der Waals surface area contributed by atoms with E-state index in [1.165, 1.54) is 7.11 Å². The smallest absolute Gasteiger partial charge is 0.306 e. The number of hydrogen-bond acceptors (Lipinski definition) is 9. The predicted octanol–water partition coefficient (Wildman–Crippen LogP) is 1.73. The van der Waals surface area contributed by atoms with Crippen molar-refractivity contribution in [2.24, 2.45) is 0 Å². The minimum atomic E-state index is -3.79. The predicted molar refractivity (Wildman–Crippen MR) is 113 cm³/mol. The number of rotatable bonds is 5. The van der Waals surface area contributed by atoms with Gasteiger partial charge in [-0.25, -0.2) is 0 Å². The minimum absolute atomic E-state index is 0.0508. The van der Waals surface area contributed by atoms with Gasteiger partial charge in [-0.05, 0) is 47.7 Å². The molecular formula is C20H23NO8S2. The number of aromatic hydroxyl groups is 1. The van der Waals surface area contributed by atoms with E-state index in [0.29, 0.717) is 31.7 Å². The number of nitrogens with zero attached hydrogens (tertiary/aromatic N) is 1. The molecule has 168 valence electrons. The molecule has 2 aliphatic heterocycles. The molecule has 0 aliphatic carbocycles. The van der Waals surface area contributed by atoms with Gasteiger partial charge in [-0.2, -0.15) is 16.8 Å². The summed E-state index contributed by atoms with van der Waals surface area (Å²) in [5.74, 6) is 0.230. The van der Waals surface area contributed by atoms with E-state index in [1.807, 2.05) is 6.07 Å². The van der Waals surface area contributed by atoms with E-state index < -0.39 is 20.2 Å². The molecule has 31 heavy (non-hydrogen) atoms. The van der Waals surface area contributed by atoms with Gasteiger partial charge in [0.15, 0.2) is 23.0 Å². The topological polar surface area (TPSA) is 119 Å². The summed E-state index contributed by atoms with van der Waals surface area (Å²) < 4.78 is 61.8. The zero-order valence-corrected chi connectivity index (χ0v) is 18.9. The van der Waals surface area contributed by atoms with Crippen molar-refractivity contribution in [3.05, 3.63) is 46.5 Å². The second kappa shape index (κ2) is 7.57. The molecular weight excluding hydrogens is 446 g/mol. The van der Waals surface area contributed by atoms with E-state index in [0.717, 1.165) is 34.8 Å². The van der Waals surface area contributed by atoms with Crippen LogP contribution in [-0.2, 0) is 39.6 Å². The lowest BCUT2D eigenvalue weighted by molar-refractivity contribution is 0.157. The molecule has 0 fully saturated rings. The van der Waals surface area contributed by atoms with Gasteiger partial charge in [0.2, 0.25) is 0 Å². The Bertz CT molecular complexity index is 1250. The average molecular weight is 470 g/mol. The van der Waals surface area contributed by atoms with Crippen molar-refractivity contribution >= 4 is 20.2 Å². The standard InChI is InChI=1S/C20H23NO8S2/c1-27-20-15-11-21-7-6-13-9-17(22)19(29-31(3,25)26)10-14(13)16(21)8-12(15)4-5-18(20)28-30(2,23)24/h4-5,9-10,16,22H,6-8,11H2,1-3H3/t16-/m0/s1. The summed E-state index contributed by atoms with van der Waals surface area (Å²) in [5.41, 5.74) is 3.66. The molecule has 0 saturated carbocycles. The first kappa shape index (κ1) is 21.7. The monoisotopic (exact) mass is 469 g/mol. The number of benzene rings is 2. The maximum absolute atomic E-state index is 11.6. The molecule has 1 N–H and O–H groups in total. The van der Waals surface area contributed by atoms with Gasteiger partial charge in [-0.15, -0.1) is 0 Å². The highest BCUT2D eigenvalue weighted by Gasteiger charge is 2.35. The molecule has 11 heteroatoms. The Kier molecular flexibility index (Phi) is 5.31. The molecule has 9 nitrogen and oxygen atoms in total. The number of methoxy groups -OCH3 is 1. The van der Waals surface area contributed by atoms with Crippen LogP contribution in [0.4, 0.5) is 0 Å². The van der Waals surface area contributed by atoms with Crippen LogP contribution in [0.1, 0.15) is 28.3 Å². The maximum Gasteiger partial charge on any atom is 0.306 e. The van der Waals surface area contributed by atoms with E-state index in [2.05, 4.69) is 4.90 Å². The molecule has 0 aromatic heterocycles. The average Bonchev–Trinajstić information content (AvgIpc) is 2.65. The molecule has 2 aromatic rings. The van der Waals surface area contributed by atoms with Gasteiger partial charge in [0.1, 0.15) is 0 Å². The Balaban J connectivity index is 1.74. The fourth-order valence-electron chi connectivity index (χ4n) is 4.30. The van der Waals surface area contributed by atoms with Crippen LogP contribution in [0.5, 0.6) is 23.0 Å². The first-order chi connectivity index (χ1) is 14.4. The first-order valence-electron chi connectivity index (χ1n) is 9.52. The van der Waals surface area contributed by atoms with Crippen molar-refractivity contribution in [1.29, 1.82) is 0 Å². The van der Waals surface area contributed by atoms with Crippen molar-refractivity contribution in [2.75, 3.05) is 26.2 Å². The summed E-state index contributed by atoms with van der Waals surface area (Å²) in [7, 11) is -6.02. The number of phenols is 1. The van der Waals surface area contributed by atoms with Crippen LogP contribution < -0.4 is 13.1 Å². The SMILES string of the molecule is COc1c(OS(C)(=O)=O)ccc2c1CN1CCc3cc(O)c(OS(C)(=O)=O)cc3[C@@H]1C2. The third kappa shape index (κ3) is 4.43. The molecule has 0 spiro atoms. The Morgan fingerprint density at radius 1 is 1.00 bits per heavy atom. The van der Waals surface area contributed by atoms with Gasteiger partial charge in [-0.1, -0.05) is 6.07 Å². The number of hydrogen-bond donors (Lipinski definition) is 1. The highest BCUT2D eigenvalue weighted by Crippen LogP contribution is 2.46. The number of phenolic OH excluding ortho intramolecular Hbond substituents is 1. The number of ether oxygens (including phenoxy) is 1. The van der Waals surface area contributed by atoms with Gasteiger partial charge in [0.25, 0.3) is 0 Å². The van der Waals surface area contributed by atoms with Crippen LogP contribution >= 0.6 is 0 Å².